The summed E-state index contributed by atoms with van der Waals surface area (Å²) in [5, 5.41) is 11.0. The van der Waals surface area contributed by atoms with Gasteiger partial charge in [0.15, 0.2) is 6.61 Å². The van der Waals surface area contributed by atoms with Crippen LogP contribution in [0.3, 0.4) is 0 Å². The zero-order valence-corrected chi connectivity index (χ0v) is 16.5. The first-order valence-electron chi connectivity index (χ1n) is 8.77. The van der Waals surface area contributed by atoms with E-state index >= 15 is 0 Å². The zero-order valence-electron chi connectivity index (χ0n) is 15.7. The van der Waals surface area contributed by atoms with Gasteiger partial charge in [0.05, 0.1) is 12.9 Å². The lowest BCUT2D eigenvalue weighted by Gasteiger charge is -2.05. The molecule has 3 aromatic rings. The van der Waals surface area contributed by atoms with Gasteiger partial charge in [-0.05, 0) is 48.4 Å². The Bertz CT molecular complexity index is 895. The molecule has 0 unspecified atom stereocenters. The standard InChI is InChI=1S/C20H21N3O4S/c1-3-14-4-8-17(9-5-14)26-12-19-22-23-20(27-19)28-13-18(24)21-15-6-10-16(25-2)11-7-15/h4-11H,3,12-13H2,1-2H3,(H,21,24). The van der Waals surface area contributed by atoms with E-state index < -0.39 is 0 Å². The number of nitrogens with one attached hydrogen (secondary N) is 1. The van der Waals surface area contributed by atoms with Gasteiger partial charge in [0, 0.05) is 5.69 Å². The number of aromatic nitrogens is 2. The van der Waals surface area contributed by atoms with Crippen LogP contribution < -0.4 is 14.8 Å². The minimum atomic E-state index is -0.165. The Morgan fingerprint density at radius 2 is 1.79 bits per heavy atom. The molecule has 0 aliphatic heterocycles. The summed E-state index contributed by atoms with van der Waals surface area (Å²) in [5.74, 6) is 1.82. The highest BCUT2D eigenvalue weighted by molar-refractivity contribution is 7.99. The SMILES string of the molecule is CCc1ccc(OCc2nnc(SCC(=O)Nc3ccc(OC)cc3)o2)cc1. The fourth-order valence-electron chi connectivity index (χ4n) is 2.32. The number of carbonyl (C=O) groups excluding carboxylic acids is 1. The first kappa shape index (κ1) is 19.8. The molecule has 0 aliphatic rings. The average molecular weight is 399 g/mol. The summed E-state index contributed by atoms with van der Waals surface area (Å²) in [4.78, 5) is 12.0. The van der Waals surface area contributed by atoms with Crippen molar-refractivity contribution in [3.05, 3.63) is 60.0 Å². The Kier molecular flexibility index (Phi) is 6.91. The fourth-order valence-corrected chi connectivity index (χ4v) is 2.90. The number of nitrogens with zero attached hydrogens (tertiary/aromatic N) is 2. The molecule has 8 heteroatoms. The Morgan fingerprint density at radius 1 is 1.07 bits per heavy atom. The Hall–Kier alpha value is -3.00. The molecule has 28 heavy (non-hydrogen) atoms. The smallest absolute Gasteiger partial charge is 0.277 e. The van der Waals surface area contributed by atoms with Gasteiger partial charge in [0.25, 0.3) is 11.1 Å². The van der Waals surface area contributed by atoms with Gasteiger partial charge in [0.2, 0.25) is 5.91 Å². The topological polar surface area (TPSA) is 86.5 Å². The van der Waals surface area contributed by atoms with E-state index in [9.17, 15) is 4.79 Å². The van der Waals surface area contributed by atoms with Gasteiger partial charge in [-0.2, -0.15) is 0 Å². The number of rotatable bonds is 9. The summed E-state index contributed by atoms with van der Waals surface area (Å²) in [5.41, 5.74) is 1.94. The van der Waals surface area contributed by atoms with Crippen LogP contribution in [0.4, 0.5) is 5.69 Å². The maximum Gasteiger partial charge on any atom is 0.277 e. The third kappa shape index (κ3) is 5.75. The summed E-state index contributed by atoms with van der Waals surface area (Å²) < 4.78 is 16.2. The van der Waals surface area contributed by atoms with E-state index in [0.29, 0.717) is 16.8 Å². The van der Waals surface area contributed by atoms with Crippen LogP contribution in [0.15, 0.2) is 58.2 Å². The van der Waals surface area contributed by atoms with Gasteiger partial charge >= 0.3 is 0 Å². The van der Waals surface area contributed by atoms with E-state index in [0.717, 1.165) is 17.9 Å². The van der Waals surface area contributed by atoms with Crippen LogP contribution >= 0.6 is 11.8 Å². The Morgan fingerprint density at radius 3 is 2.46 bits per heavy atom. The van der Waals surface area contributed by atoms with Crippen molar-refractivity contribution >= 4 is 23.4 Å². The highest BCUT2D eigenvalue weighted by atomic mass is 32.2. The second kappa shape index (κ2) is 9.80. The number of hydrogen-bond acceptors (Lipinski definition) is 7. The highest BCUT2D eigenvalue weighted by Gasteiger charge is 2.11. The molecule has 2 aromatic carbocycles. The maximum atomic E-state index is 12.0. The Labute approximate surface area is 167 Å². The largest absolute Gasteiger partial charge is 0.497 e. The molecule has 3 rings (SSSR count). The van der Waals surface area contributed by atoms with E-state index in [1.165, 1.54) is 17.3 Å². The number of hydrogen-bond donors (Lipinski definition) is 1. The van der Waals surface area contributed by atoms with Crippen molar-refractivity contribution in [3.8, 4) is 11.5 Å². The lowest BCUT2D eigenvalue weighted by atomic mass is 10.2. The van der Waals surface area contributed by atoms with Crippen molar-refractivity contribution in [2.24, 2.45) is 0 Å². The lowest BCUT2D eigenvalue weighted by molar-refractivity contribution is -0.113. The molecule has 0 saturated heterocycles. The highest BCUT2D eigenvalue weighted by Crippen LogP contribution is 2.19. The van der Waals surface area contributed by atoms with Crippen LogP contribution in [0, 0.1) is 0 Å². The summed E-state index contributed by atoms with van der Waals surface area (Å²) in [6.45, 7) is 2.28. The molecule has 1 heterocycles. The van der Waals surface area contributed by atoms with Gasteiger partial charge < -0.3 is 19.2 Å². The van der Waals surface area contributed by atoms with Crippen molar-refractivity contribution in [2.75, 3.05) is 18.2 Å². The second-order valence-corrected chi connectivity index (χ2v) is 6.74. The molecule has 0 spiro atoms. The van der Waals surface area contributed by atoms with Gasteiger partial charge in [-0.25, -0.2) is 0 Å². The Balaban J connectivity index is 1.43. The van der Waals surface area contributed by atoms with Gasteiger partial charge in [-0.1, -0.05) is 30.8 Å². The third-order valence-corrected chi connectivity index (χ3v) is 4.66. The van der Waals surface area contributed by atoms with Crippen molar-refractivity contribution in [1.82, 2.24) is 10.2 Å². The normalized spacial score (nSPS) is 10.5. The quantitative estimate of drug-likeness (QED) is 0.545. The van der Waals surface area contributed by atoms with E-state index in [1.54, 1.807) is 31.4 Å². The molecule has 0 radical (unpaired) electrons. The lowest BCUT2D eigenvalue weighted by Crippen LogP contribution is -2.13. The third-order valence-electron chi connectivity index (χ3n) is 3.84. The van der Waals surface area contributed by atoms with E-state index in [-0.39, 0.29) is 18.3 Å². The van der Waals surface area contributed by atoms with Crippen LogP contribution in [-0.2, 0) is 17.8 Å². The van der Waals surface area contributed by atoms with Gasteiger partial charge in [0.1, 0.15) is 11.5 Å². The molecular weight excluding hydrogens is 378 g/mol. The predicted molar refractivity (Wildman–Crippen MR) is 107 cm³/mol. The molecular formula is C20H21N3O4S. The number of methoxy groups -OCH3 is 1. The van der Waals surface area contributed by atoms with Crippen molar-refractivity contribution < 1.29 is 18.7 Å². The number of amides is 1. The number of ether oxygens (including phenoxy) is 2. The molecule has 146 valence electrons. The first-order chi connectivity index (χ1) is 13.7. The van der Waals surface area contributed by atoms with Crippen LogP contribution in [0.2, 0.25) is 0 Å². The summed E-state index contributed by atoms with van der Waals surface area (Å²) in [6, 6.07) is 15.0. The maximum absolute atomic E-state index is 12.0. The van der Waals surface area contributed by atoms with Crippen molar-refractivity contribution in [3.63, 3.8) is 0 Å². The molecule has 0 aliphatic carbocycles. The van der Waals surface area contributed by atoms with Crippen LogP contribution in [0.5, 0.6) is 11.5 Å². The van der Waals surface area contributed by atoms with Crippen LogP contribution in [0.1, 0.15) is 18.4 Å². The molecule has 1 amide bonds. The first-order valence-corrected chi connectivity index (χ1v) is 9.75. The molecule has 0 fully saturated rings. The number of anilines is 1. The molecule has 1 N–H and O–H groups in total. The summed E-state index contributed by atoms with van der Waals surface area (Å²) in [6.07, 6.45) is 0.983. The predicted octanol–water partition coefficient (Wildman–Crippen LogP) is 3.95. The van der Waals surface area contributed by atoms with Crippen LogP contribution in [0.25, 0.3) is 0 Å². The fraction of sp³-hybridized carbons (Fsp3) is 0.250. The molecule has 0 bridgehead atoms. The molecule has 7 nitrogen and oxygen atoms in total. The van der Waals surface area contributed by atoms with Crippen molar-refractivity contribution in [1.29, 1.82) is 0 Å². The van der Waals surface area contributed by atoms with E-state index in [2.05, 4.69) is 22.4 Å². The van der Waals surface area contributed by atoms with E-state index in [1.807, 2.05) is 24.3 Å². The average Bonchev–Trinajstić information content (AvgIpc) is 3.19. The number of aryl methyl sites for hydroxylation is 1. The monoisotopic (exact) mass is 399 g/mol. The number of carbonyl (C=O) groups is 1. The molecule has 0 atom stereocenters. The van der Waals surface area contributed by atoms with Crippen molar-refractivity contribution in [2.45, 2.75) is 25.2 Å². The molecule has 1 aromatic heterocycles. The molecule has 0 saturated carbocycles. The summed E-state index contributed by atoms with van der Waals surface area (Å²) in [7, 11) is 1.59. The zero-order chi connectivity index (χ0) is 19.8. The van der Waals surface area contributed by atoms with E-state index in [4.69, 9.17) is 13.9 Å². The number of benzene rings is 2. The second-order valence-electron chi connectivity index (χ2n) is 5.81. The van der Waals surface area contributed by atoms with Crippen LogP contribution in [-0.4, -0.2) is 29.0 Å². The summed E-state index contributed by atoms with van der Waals surface area (Å²) >= 11 is 1.17. The van der Waals surface area contributed by atoms with Gasteiger partial charge in [-0.3, -0.25) is 4.79 Å². The minimum Gasteiger partial charge on any atom is -0.497 e. The van der Waals surface area contributed by atoms with Gasteiger partial charge in [-0.15, -0.1) is 10.2 Å². The minimum absolute atomic E-state index is 0.160. The number of thioether (sulfide) groups is 1.